The Morgan fingerprint density at radius 1 is 0.620 bits per heavy atom. The first kappa shape index (κ1) is 41.2. The highest BCUT2D eigenvalue weighted by molar-refractivity contribution is 7.80. The topological polar surface area (TPSA) is 272 Å². The Balaban J connectivity index is 2.20. The van der Waals surface area contributed by atoms with Gasteiger partial charge in [0.05, 0.1) is 12.5 Å². The molecule has 0 aliphatic heterocycles. The van der Waals surface area contributed by atoms with Crippen molar-refractivity contribution in [2.45, 2.75) is 68.7 Å². The van der Waals surface area contributed by atoms with Crippen molar-refractivity contribution in [3.8, 4) is 0 Å². The largest absolute Gasteiger partial charge is 0.481 e. The molecule has 17 heteroatoms. The fourth-order valence-corrected chi connectivity index (χ4v) is 5.00. The Bertz CT molecular complexity index is 1450. The van der Waals surface area contributed by atoms with Crippen molar-refractivity contribution < 1.29 is 43.8 Å². The Labute approximate surface area is 294 Å². The first-order chi connectivity index (χ1) is 23.8. The molecule has 0 bridgehead atoms. The number of hydrogen-bond acceptors (Lipinski definition) is 10. The van der Waals surface area contributed by atoms with E-state index in [2.05, 4.69) is 39.2 Å². The molecule has 0 radical (unpaired) electrons. The molecule has 0 saturated heterocycles. The molecule has 0 fully saturated rings. The normalized spacial score (nSPS) is 13.7. The van der Waals surface area contributed by atoms with Crippen LogP contribution in [-0.4, -0.2) is 101 Å². The Hall–Kier alpha value is -5.00. The van der Waals surface area contributed by atoms with Crippen LogP contribution in [0.4, 0.5) is 0 Å². The molecular weight excluding hydrogens is 670 g/mol. The van der Waals surface area contributed by atoms with Crippen LogP contribution >= 0.6 is 12.6 Å². The first-order valence-electron chi connectivity index (χ1n) is 15.9. The maximum Gasteiger partial charge on any atom is 0.322 e. The summed E-state index contributed by atoms with van der Waals surface area (Å²) in [5, 5.41) is 30.6. The average Bonchev–Trinajstić information content (AvgIpc) is 3.08. The SMILES string of the molecule is NCCCC[C@H](NC(=O)[C@H](CC(=O)O)NC(=O)[C@H](CS)NC(=O)[C@@H](N)Cc1ccccc1)C(=O)N[C@@H](Cc1ccccc1)C(=O)NCC(=O)O. The number of nitrogens with one attached hydrogen (secondary N) is 5. The van der Waals surface area contributed by atoms with Gasteiger partial charge in [0.2, 0.25) is 29.5 Å². The highest BCUT2D eigenvalue weighted by atomic mass is 32.1. The quantitative estimate of drug-likeness (QED) is 0.0494. The van der Waals surface area contributed by atoms with Crippen LogP contribution in [0, 0.1) is 0 Å². The van der Waals surface area contributed by atoms with Gasteiger partial charge in [-0.05, 0) is 43.4 Å². The molecule has 2 rings (SSSR count). The summed E-state index contributed by atoms with van der Waals surface area (Å²) in [4.78, 5) is 88.5. The number of amides is 5. The van der Waals surface area contributed by atoms with E-state index in [-0.39, 0.29) is 31.6 Å². The van der Waals surface area contributed by atoms with E-state index >= 15 is 0 Å². The summed E-state index contributed by atoms with van der Waals surface area (Å²) < 4.78 is 0. The standard InChI is InChI=1S/C33H45N7O9S/c34-14-8-7-13-23(31(47)38-24(30(46)36-18-28(43)44)16-21-11-5-2-6-12-21)37-32(48)25(17-27(41)42)39-33(49)26(19-50)40-29(45)22(35)15-20-9-3-1-4-10-20/h1-6,9-12,22-26,50H,7-8,13-19,34-35H2,(H,36,46)(H,37,48)(H,38,47)(H,39,49)(H,40,45)(H,41,42)(H,43,44)/t22-,23-,24-,25-,26-/m0/s1. The van der Waals surface area contributed by atoms with Crippen molar-refractivity contribution in [1.82, 2.24) is 26.6 Å². The fraction of sp³-hybridized carbons (Fsp3) is 0.424. The van der Waals surface area contributed by atoms with Gasteiger partial charge in [0.1, 0.15) is 30.7 Å². The van der Waals surface area contributed by atoms with Crippen LogP contribution in [0.2, 0.25) is 0 Å². The summed E-state index contributed by atoms with van der Waals surface area (Å²) in [5.74, 6) is -7.14. The zero-order valence-electron chi connectivity index (χ0n) is 27.4. The molecule has 272 valence electrons. The lowest BCUT2D eigenvalue weighted by molar-refractivity contribution is -0.141. The van der Waals surface area contributed by atoms with Gasteiger partial charge >= 0.3 is 11.9 Å². The number of nitrogens with two attached hydrogens (primary N) is 2. The number of carbonyl (C=O) groups is 7. The van der Waals surface area contributed by atoms with E-state index in [9.17, 15) is 38.7 Å². The molecule has 0 aliphatic carbocycles. The van der Waals surface area contributed by atoms with Gasteiger partial charge in [-0.3, -0.25) is 33.6 Å². The summed E-state index contributed by atoms with van der Waals surface area (Å²) in [5.41, 5.74) is 13.1. The minimum absolute atomic E-state index is 0.00889. The van der Waals surface area contributed by atoms with E-state index in [1.165, 1.54) is 0 Å². The van der Waals surface area contributed by atoms with Crippen molar-refractivity contribution >= 4 is 54.1 Å². The van der Waals surface area contributed by atoms with Crippen LogP contribution in [-0.2, 0) is 46.4 Å². The molecule has 2 aromatic rings. The number of rotatable bonds is 22. The van der Waals surface area contributed by atoms with Gasteiger partial charge < -0.3 is 48.3 Å². The third-order valence-electron chi connectivity index (χ3n) is 7.37. The van der Waals surface area contributed by atoms with Gasteiger partial charge in [-0.1, -0.05) is 60.7 Å². The van der Waals surface area contributed by atoms with Crippen molar-refractivity contribution in [2.24, 2.45) is 11.5 Å². The van der Waals surface area contributed by atoms with Crippen LogP contribution in [0.25, 0.3) is 0 Å². The zero-order chi connectivity index (χ0) is 37.1. The second-order valence-electron chi connectivity index (χ2n) is 11.4. The van der Waals surface area contributed by atoms with Crippen LogP contribution < -0.4 is 38.1 Å². The van der Waals surface area contributed by atoms with Crippen LogP contribution in [0.1, 0.15) is 36.8 Å². The third kappa shape index (κ3) is 15.0. The van der Waals surface area contributed by atoms with Crippen molar-refractivity contribution in [1.29, 1.82) is 0 Å². The number of thiol groups is 1. The molecule has 5 atom stereocenters. The maximum absolute atomic E-state index is 13.5. The maximum atomic E-state index is 13.5. The molecule has 0 saturated carbocycles. The highest BCUT2D eigenvalue weighted by Gasteiger charge is 2.32. The van der Waals surface area contributed by atoms with E-state index in [4.69, 9.17) is 16.6 Å². The number of aliphatic carboxylic acids is 2. The molecule has 0 heterocycles. The molecule has 0 aliphatic rings. The van der Waals surface area contributed by atoms with Gasteiger partial charge in [-0.2, -0.15) is 12.6 Å². The highest BCUT2D eigenvalue weighted by Crippen LogP contribution is 2.08. The summed E-state index contributed by atoms with van der Waals surface area (Å²) in [6.45, 7) is -0.417. The second-order valence-corrected chi connectivity index (χ2v) is 11.8. The minimum Gasteiger partial charge on any atom is -0.481 e. The molecule has 0 spiro atoms. The molecule has 0 unspecified atom stereocenters. The molecule has 2 aromatic carbocycles. The van der Waals surface area contributed by atoms with Crippen molar-refractivity contribution in [3.05, 3.63) is 71.8 Å². The predicted octanol–water partition coefficient (Wildman–Crippen LogP) is -1.53. The second kappa shape index (κ2) is 21.9. The summed E-state index contributed by atoms with van der Waals surface area (Å²) in [6, 6.07) is 11.0. The first-order valence-corrected chi connectivity index (χ1v) is 16.5. The van der Waals surface area contributed by atoms with Crippen LogP contribution in [0.15, 0.2) is 60.7 Å². The zero-order valence-corrected chi connectivity index (χ0v) is 28.3. The average molecular weight is 716 g/mol. The number of carboxylic acid groups (broad SMARTS) is 2. The lowest BCUT2D eigenvalue weighted by atomic mass is 10.0. The lowest BCUT2D eigenvalue weighted by Crippen LogP contribution is -2.59. The smallest absolute Gasteiger partial charge is 0.322 e. The molecule has 11 N–H and O–H groups in total. The number of hydrogen-bond donors (Lipinski definition) is 10. The summed E-state index contributed by atoms with van der Waals surface area (Å²) >= 11 is 4.12. The Morgan fingerprint density at radius 3 is 1.66 bits per heavy atom. The van der Waals surface area contributed by atoms with E-state index in [1.54, 1.807) is 60.7 Å². The van der Waals surface area contributed by atoms with E-state index in [0.29, 0.717) is 18.4 Å². The van der Waals surface area contributed by atoms with Crippen molar-refractivity contribution in [2.75, 3.05) is 18.8 Å². The van der Waals surface area contributed by atoms with Gasteiger partial charge in [0, 0.05) is 12.2 Å². The molecule has 50 heavy (non-hydrogen) atoms. The van der Waals surface area contributed by atoms with Gasteiger partial charge in [0.25, 0.3) is 0 Å². The predicted molar refractivity (Wildman–Crippen MR) is 186 cm³/mol. The minimum atomic E-state index is -1.68. The Kier molecular flexibility index (Phi) is 18.0. The number of unbranched alkanes of at least 4 members (excludes halogenated alkanes) is 1. The number of carbonyl (C=O) groups excluding carboxylic acids is 5. The summed E-state index contributed by atoms with van der Waals surface area (Å²) in [6.07, 6.45) is 0.160. The van der Waals surface area contributed by atoms with Gasteiger partial charge in [0.15, 0.2) is 0 Å². The monoisotopic (exact) mass is 715 g/mol. The van der Waals surface area contributed by atoms with Crippen molar-refractivity contribution in [3.63, 3.8) is 0 Å². The fourth-order valence-electron chi connectivity index (χ4n) is 4.74. The van der Waals surface area contributed by atoms with Crippen LogP contribution in [0.3, 0.4) is 0 Å². The van der Waals surface area contributed by atoms with Gasteiger partial charge in [-0.15, -0.1) is 0 Å². The molecule has 0 aromatic heterocycles. The Morgan fingerprint density at radius 2 is 1.12 bits per heavy atom. The molecule has 16 nitrogen and oxygen atoms in total. The molecular formula is C33H45N7O9S. The summed E-state index contributed by atoms with van der Waals surface area (Å²) in [7, 11) is 0. The number of benzene rings is 2. The lowest BCUT2D eigenvalue weighted by Gasteiger charge is -2.26. The van der Waals surface area contributed by atoms with E-state index < -0.39 is 84.6 Å². The molecule has 5 amide bonds. The number of carboxylic acids is 2. The third-order valence-corrected chi connectivity index (χ3v) is 7.74. The van der Waals surface area contributed by atoms with E-state index in [0.717, 1.165) is 5.56 Å². The van der Waals surface area contributed by atoms with E-state index in [1.807, 2.05) is 0 Å². The van der Waals surface area contributed by atoms with Crippen LogP contribution in [0.5, 0.6) is 0 Å². The van der Waals surface area contributed by atoms with Gasteiger partial charge in [-0.25, -0.2) is 0 Å².